The maximum atomic E-state index is 7.07. The van der Waals surface area contributed by atoms with Crippen LogP contribution in [0.3, 0.4) is 0 Å². The van der Waals surface area contributed by atoms with Crippen molar-refractivity contribution in [3.8, 4) is 22.3 Å². The zero-order valence-corrected chi connectivity index (χ0v) is 33.1. The van der Waals surface area contributed by atoms with E-state index in [4.69, 9.17) is 8.83 Å². The zero-order chi connectivity index (χ0) is 38.6. The van der Waals surface area contributed by atoms with Gasteiger partial charge >= 0.3 is 0 Å². The van der Waals surface area contributed by atoms with Gasteiger partial charge in [0.15, 0.2) is 0 Å². The van der Waals surface area contributed by atoms with Crippen LogP contribution in [0, 0.1) is 0 Å². The van der Waals surface area contributed by atoms with Gasteiger partial charge in [0, 0.05) is 79.7 Å². The number of fused-ring (bicyclic) bond motifs is 12. The predicted molar refractivity (Wildman–Crippen MR) is 252 cm³/mol. The Hall–Kier alpha value is -7.18. The second-order valence-electron chi connectivity index (χ2n) is 15.2. The number of thiophene rings is 2. The topological polar surface area (TPSA) is 29.5 Å². The van der Waals surface area contributed by atoms with E-state index in [1.54, 1.807) is 0 Å². The average Bonchev–Trinajstić information content (AvgIpc) is 4.06. The lowest BCUT2D eigenvalue weighted by Crippen LogP contribution is -2.10. The van der Waals surface area contributed by atoms with E-state index in [1.807, 2.05) is 28.7 Å². The Labute approximate surface area is 346 Å². The predicted octanol–water partition coefficient (Wildman–Crippen LogP) is 17.0. The first-order chi connectivity index (χ1) is 29.2. The smallest absolute Gasteiger partial charge is 0.144 e. The van der Waals surface area contributed by atoms with Crippen LogP contribution in [-0.4, -0.2) is 0 Å². The Morgan fingerprint density at radius 1 is 0.373 bits per heavy atom. The van der Waals surface area contributed by atoms with Crippen molar-refractivity contribution in [3.63, 3.8) is 0 Å². The highest BCUT2D eigenvalue weighted by Gasteiger charge is 2.25. The molecule has 4 heterocycles. The molecule has 0 bridgehead atoms. The Kier molecular flexibility index (Phi) is 7.05. The first-order valence-electron chi connectivity index (χ1n) is 19.8. The largest absolute Gasteiger partial charge is 0.456 e. The number of hydrogen-bond donors (Lipinski definition) is 0. The molecule has 9 aromatic carbocycles. The molecule has 0 aliphatic heterocycles. The highest BCUT2D eigenvalue weighted by molar-refractivity contribution is 7.26. The molecule has 59 heavy (non-hydrogen) atoms. The van der Waals surface area contributed by atoms with Crippen LogP contribution in [-0.2, 0) is 0 Å². The third-order valence-corrected chi connectivity index (χ3v) is 14.3. The minimum Gasteiger partial charge on any atom is -0.456 e. The summed E-state index contributed by atoms with van der Waals surface area (Å²) in [6, 6.07) is 67.5. The van der Waals surface area contributed by atoms with Gasteiger partial charge in [0.2, 0.25) is 0 Å². The maximum absolute atomic E-state index is 7.07. The second kappa shape index (κ2) is 12.7. The summed E-state index contributed by atoms with van der Waals surface area (Å²) in [6.07, 6.45) is 0. The Balaban J connectivity index is 1.10. The molecule has 0 radical (unpaired) electrons. The number of rotatable bonds is 5. The number of hydrogen-bond acceptors (Lipinski definition) is 5. The van der Waals surface area contributed by atoms with Crippen LogP contribution in [0.5, 0.6) is 0 Å². The fourth-order valence-corrected chi connectivity index (χ4v) is 11.7. The van der Waals surface area contributed by atoms with Crippen molar-refractivity contribution in [1.82, 2.24) is 0 Å². The molecule has 0 saturated heterocycles. The van der Waals surface area contributed by atoms with Crippen molar-refractivity contribution in [1.29, 1.82) is 0 Å². The summed E-state index contributed by atoms with van der Waals surface area (Å²) < 4.78 is 18.8. The van der Waals surface area contributed by atoms with Crippen molar-refractivity contribution >= 4 is 124 Å². The standard InChI is InChI=1S/C54H31NO2S2/c1-2-13-32(14-3-1)33-15-10-16-34(29-33)55(44-23-12-21-39-37-18-6-9-26-49(37)59-54(39)44)35-27-28-46-42(30-35)43-31-47-50(40-19-4-7-24-45(40)56-47)51(52(43)57-46)41-22-11-20-38-36-17-5-8-25-48(36)58-53(38)41/h1-31H. The average molecular weight is 790 g/mol. The highest BCUT2D eigenvalue weighted by atomic mass is 32.1. The molecule has 0 atom stereocenters. The number of furan rings is 2. The molecular formula is C54H31NO2S2. The van der Waals surface area contributed by atoms with Crippen molar-refractivity contribution < 1.29 is 8.83 Å². The van der Waals surface area contributed by atoms with E-state index in [0.717, 1.165) is 72.1 Å². The SMILES string of the molecule is c1ccc(-c2cccc(N(c3ccc4oc5c(-c6cccc7c6sc6ccccc67)c6c(cc5c4c3)oc3ccccc36)c3cccc4c3sc3ccccc34)c2)cc1. The van der Waals surface area contributed by atoms with Crippen molar-refractivity contribution in [3.05, 3.63) is 188 Å². The fraction of sp³-hybridized carbons (Fsp3) is 0. The van der Waals surface area contributed by atoms with Gasteiger partial charge in [-0.15, -0.1) is 22.7 Å². The van der Waals surface area contributed by atoms with Gasteiger partial charge in [-0.25, -0.2) is 0 Å². The number of para-hydroxylation sites is 1. The Morgan fingerprint density at radius 3 is 1.83 bits per heavy atom. The van der Waals surface area contributed by atoms with Gasteiger partial charge in [0.1, 0.15) is 22.3 Å². The maximum Gasteiger partial charge on any atom is 0.144 e. The van der Waals surface area contributed by atoms with Gasteiger partial charge in [0.05, 0.1) is 10.4 Å². The monoisotopic (exact) mass is 789 g/mol. The van der Waals surface area contributed by atoms with Gasteiger partial charge < -0.3 is 13.7 Å². The van der Waals surface area contributed by atoms with Gasteiger partial charge in [0.25, 0.3) is 0 Å². The van der Waals surface area contributed by atoms with E-state index >= 15 is 0 Å². The van der Waals surface area contributed by atoms with E-state index in [-0.39, 0.29) is 0 Å². The van der Waals surface area contributed by atoms with Crippen LogP contribution in [0.4, 0.5) is 17.1 Å². The molecule has 0 amide bonds. The van der Waals surface area contributed by atoms with Gasteiger partial charge in [-0.2, -0.15) is 0 Å². The lowest BCUT2D eigenvalue weighted by molar-refractivity contribution is 0.664. The van der Waals surface area contributed by atoms with Crippen LogP contribution in [0.2, 0.25) is 0 Å². The molecule has 3 nitrogen and oxygen atoms in total. The molecule has 276 valence electrons. The molecule has 0 aliphatic rings. The molecule has 13 rings (SSSR count). The molecule has 13 aromatic rings. The van der Waals surface area contributed by atoms with Crippen molar-refractivity contribution in [2.45, 2.75) is 0 Å². The first-order valence-corrected chi connectivity index (χ1v) is 21.5. The third-order valence-electron chi connectivity index (χ3n) is 11.9. The minimum atomic E-state index is 0.837. The van der Waals surface area contributed by atoms with E-state index in [2.05, 4.69) is 187 Å². The van der Waals surface area contributed by atoms with E-state index in [0.29, 0.717) is 0 Å². The van der Waals surface area contributed by atoms with Gasteiger partial charge in [-0.05, 0) is 71.8 Å². The summed E-state index contributed by atoms with van der Waals surface area (Å²) in [5.41, 5.74) is 11.3. The third kappa shape index (κ3) is 4.93. The number of benzene rings is 9. The molecule has 4 aromatic heterocycles. The van der Waals surface area contributed by atoms with Crippen molar-refractivity contribution in [2.24, 2.45) is 0 Å². The van der Waals surface area contributed by atoms with Crippen LogP contribution < -0.4 is 4.90 Å². The van der Waals surface area contributed by atoms with Crippen LogP contribution in [0.15, 0.2) is 197 Å². The lowest BCUT2D eigenvalue weighted by atomic mass is 9.95. The van der Waals surface area contributed by atoms with E-state index < -0.39 is 0 Å². The molecule has 0 unspecified atom stereocenters. The molecule has 0 saturated carbocycles. The molecular weight excluding hydrogens is 759 g/mol. The molecule has 5 heteroatoms. The van der Waals surface area contributed by atoms with E-state index in [1.165, 1.54) is 51.5 Å². The van der Waals surface area contributed by atoms with Crippen LogP contribution in [0.25, 0.3) is 106 Å². The minimum absolute atomic E-state index is 0.837. The number of anilines is 3. The Bertz CT molecular complexity index is 3810. The first kappa shape index (κ1) is 32.9. The van der Waals surface area contributed by atoms with Crippen LogP contribution >= 0.6 is 22.7 Å². The molecule has 0 spiro atoms. The molecule has 0 fully saturated rings. The quantitative estimate of drug-likeness (QED) is 0.174. The lowest BCUT2D eigenvalue weighted by Gasteiger charge is -2.26. The summed E-state index contributed by atoms with van der Waals surface area (Å²) in [5, 5.41) is 9.29. The Morgan fingerprint density at radius 2 is 1.00 bits per heavy atom. The normalized spacial score (nSPS) is 12.1. The van der Waals surface area contributed by atoms with E-state index in [9.17, 15) is 0 Å². The summed E-state index contributed by atoms with van der Waals surface area (Å²) >= 11 is 3.69. The summed E-state index contributed by atoms with van der Waals surface area (Å²) in [4.78, 5) is 2.42. The molecule has 0 N–H and O–H groups in total. The summed E-state index contributed by atoms with van der Waals surface area (Å²) in [6.45, 7) is 0. The van der Waals surface area contributed by atoms with Gasteiger partial charge in [-0.3, -0.25) is 0 Å². The summed E-state index contributed by atoms with van der Waals surface area (Å²) in [7, 11) is 0. The second-order valence-corrected chi connectivity index (χ2v) is 17.3. The van der Waals surface area contributed by atoms with Gasteiger partial charge in [-0.1, -0.05) is 127 Å². The summed E-state index contributed by atoms with van der Waals surface area (Å²) in [5.74, 6) is 0. The zero-order valence-electron chi connectivity index (χ0n) is 31.5. The van der Waals surface area contributed by atoms with Crippen molar-refractivity contribution in [2.75, 3.05) is 4.90 Å². The fourth-order valence-electron chi connectivity index (χ4n) is 9.23. The highest BCUT2D eigenvalue weighted by Crippen LogP contribution is 2.51. The molecule has 0 aliphatic carbocycles. The number of nitrogens with zero attached hydrogens (tertiary/aromatic N) is 1. The van der Waals surface area contributed by atoms with Crippen LogP contribution in [0.1, 0.15) is 0 Å².